The van der Waals surface area contributed by atoms with E-state index in [0.29, 0.717) is 6.04 Å². The van der Waals surface area contributed by atoms with Gasteiger partial charge in [0.05, 0.1) is 6.04 Å². The van der Waals surface area contributed by atoms with Gasteiger partial charge >= 0.3 is 0 Å². The molecule has 0 spiro atoms. The molecular weight excluding hydrogens is 170 g/mol. The van der Waals surface area contributed by atoms with E-state index in [0.717, 1.165) is 12.0 Å². The molecule has 0 aliphatic carbocycles. The molecule has 0 bridgehead atoms. The molecule has 74 valence electrons. The standard InChI is InChI=1S/C13H17N/c1-4-13(14(2)3)11-10-12-8-6-5-7-9-12/h5-9,13H,4H2,1-3H3. The second-order valence-electron chi connectivity index (χ2n) is 3.52. The van der Waals surface area contributed by atoms with Crippen molar-refractivity contribution >= 4 is 0 Å². The van der Waals surface area contributed by atoms with E-state index in [1.807, 2.05) is 30.3 Å². The summed E-state index contributed by atoms with van der Waals surface area (Å²) in [6.45, 7) is 2.16. The van der Waals surface area contributed by atoms with Crippen LogP contribution in [0.1, 0.15) is 18.9 Å². The van der Waals surface area contributed by atoms with E-state index in [2.05, 4.69) is 37.8 Å². The van der Waals surface area contributed by atoms with Crippen LogP contribution in [0, 0.1) is 11.8 Å². The van der Waals surface area contributed by atoms with E-state index < -0.39 is 0 Å². The molecule has 1 nitrogen and oxygen atoms in total. The van der Waals surface area contributed by atoms with Gasteiger partial charge in [-0.15, -0.1) is 0 Å². The van der Waals surface area contributed by atoms with Crippen LogP contribution in [0.5, 0.6) is 0 Å². The highest BCUT2D eigenvalue weighted by molar-refractivity contribution is 5.34. The molecular formula is C13H17N. The minimum Gasteiger partial charge on any atom is -0.296 e. The summed E-state index contributed by atoms with van der Waals surface area (Å²) < 4.78 is 0. The summed E-state index contributed by atoms with van der Waals surface area (Å²) in [6, 6.07) is 10.5. The first-order chi connectivity index (χ1) is 6.74. The van der Waals surface area contributed by atoms with Gasteiger partial charge in [-0.2, -0.15) is 0 Å². The molecule has 1 atom stereocenters. The van der Waals surface area contributed by atoms with E-state index >= 15 is 0 Å². The molecule has 14 heavy (non-hydrogen) atoms. The molecule has 0 heterocycles. The molecule has 0 radical (unpaired) electrons. The molecule has 0 saturated carbocycles. The molecule has 0 fully saturated rings. The van der Waals surface area contributed by atoms with Crippen LogP contribution in [0.25, 0.3) is 0 Å². The van der Waals surface area contributed by atoms with E-state index in [1.54, 1.807) is 0 Å². The summed E-state index contributed by atoms with van der Waals surface area (Å²) in [5, 5.41) is 0. The van der Waals surface area contributed by atoms with Gasteiger partial charge in [-0.25, -0.2) is 0 Å². The third-order valence-electron chi connectivity index (χ3n) is 2.17. The van der Waals surface area contributed by atoms with E-state index in [-0.39, 0.29) is 0 Å². The van der Waals surface area contributed by atoms with Crippen molar-refractivity contribution in [3.05, 3.63) is 35.9 Å². The van der Waals surface area contributed by atoms with Crippen LogP contribution in [0.15, 0.2) is 30.3 Å². The fraction of sp³-hybridized carbons (Fsp3) is 0.385. The topological polar surface area (TPSA) is 3.24 Å². The minimum absolute atomic E-state index is 0.357. The van der Waals surface area contributed by atoms with Crippen LogP contribution < -0.4 is 0 Å². The monoisotopic (exact) mass is 187 g/mol. The Morgan fingerprint density at radius 3 is 2.36 bits per heavy atom. The van der Waals surface area contributed by atoms with E-state index in [4.69, 9.17) is 0 Å². The van der Waals surface area contributed by atoms with Gasteiger partial charge in [-0.05, 0) is 32.6 Å². The second kappa shape index (κ2) is 5.47. The van der Waals surface area contributed by atoms with Crippen LogP contribution in [-0.4, -0.2) is 25.0 Å². The summed E-state index contributed by atoms with van der Waals surface area (Å²) in [5.74, 6) is 6.45. The molecule has 1 heteroatoms. The largest absolute Gasteiger partial charge is 0.296 e. The molecule has 1 aromatic carbocycles. The predicted molar refractivity (Wildman–Crippen MR) is 61.1 cm³/mol. The van der Waals surface area contributed by atoms with Crippen LogP contribution in [0.4, 0.5) is 0 Å². The maximum Gasteiger partial charge on any atom is 0.0710 e. The average Bonchev–Trinajstić information content (AvgIpc) is 2.20. The second-order valence-corrected chi connectivity index (χ2v) is 3.52. The van der Waals surface area contributed by atoms with Gasteiger partial charge in [0.25, 0.3) is 0 Å². The highest BCUT2D eigenvalue weighted by Crippen LogP contribution is 1.99. The molecule has 0 aromatic heterocycles. The van der Waals surface area contributed by atoms with Crippen LogP contribution in [0.2, 0.25) is 0 Å². The predicted octanol–water partition coefficient (Wildman–Crippen LogP) is 2.38. The van der Waals surface area contributed by atoms with Crippen LogP contribution in [0.3, 0.4) is 0 Å². The van der Waals surface area contributed by atoms with Gasteiger partial charge in [-0.1, -0.05) is 37.0 Å². The molecule has 0 amide bonds. The Hall–Kier alpha value is -1.26. The normalized spacial score (nSPS) is 12.0. The Labute approximate surface area is 86.7 Å². The molecule has 0 saturated heterocycles. The summed E-state index contributed by atoms with van der Waals surface area (Å²) in [7, 11) is 4.13. The fourth-order valence-corrected chi connectivity index (χ4v) is 1.28. The Kier molecular flexibility index (Phi) is 4.22. The Balaban J connectivity index is 2.71. The molecule has 1 aromatic rings. The lowest BCUT2D eigenvalue weighted by atomic mass is 10.2. The number of rotatable bonds is 2. The van der Waals surface area contributed by atoms with Gasteiger partial charge < -0.3 is 0 Å². The number of nitrogens with zero attached hydrogens (tertiary/aromatic N) is 1. The van der Waals surface area contributed by atoms with Gasteiger partial charge in [0.2, 0.25) is 0 Å². The van der Waals surface area contributed by atoms with Gasteiger partial charge in [0, 0.05) is 5.56 Å². The van der Waals surface area contributed by atoms with Crippen molar-refractivity contribution in [1.29, 1.82) is 0 Å². The van der Waals surface area contributed by atoms with Crippen LogP contribution >= 0.6 is 0 Å². The van der Waals surface area contributed by atoms with Gasteiger partial charge in [0.15, 0.2) is 0 Å². The molecule has 1 unspecified atom stereocenters. The molecule has 0 aliphatic rings. The third kappa shape index (κ3) is 3.24. The SMILES string of the molecule is CCC(C#Cc1ccccc1)N(C)C. The van der Waals surface area contributed by atoms with Crippen molar-refractivity contribution in [1.82, 2.24) is 4.90 Å². The number of hydrogen-bond donors (Lipinski definition) is 0. The first-order valence-corrected chi connectivity index (χ1v) is 4.97. The quantitative estimate of drug-likeness (QED) is 0.642. The Bertz CT molecular complexity index is 316. The van der Waals surface area contributed by atoms with Crippen molar-refractivity contribution in [2.75, 3.05) is 14.1 Å². The molecule has 1 rings (SSSR count). The first kappa shape index (κ1) is 10.8. The highest BCUT2D eigenvalue weighted by atomic mass is 15.1. The van der Waals surface area contributed by atoms with E-state index in [9.17, 15) is 0 Å². The van der Waals surface area contributed by atoms with E-state index in [1.165, 1.54) is 0 Å². The maximum absolute atomic E-state index is 3.26. The van der Waals surface area contributed by atoms with Crippen LogP contribution in [-0.2, 0) is 0 Å². The maximum atomic E-state index is 3.26. The summed E-state index contributed by atoms with van der Waals surface area (Å²) in [5.41, 5.74) is 1.09. The fourth-order valence-electron chi connectivity index (χ4n) is 1.28. The van der Waals surface area contributed by atoms with Crippen molar-refractivity contribution < 1.29 is 0 Å². The smallest absolute Gasteiger partial charge is 0.0710 e. The first-order valence-electron chi connectivity index (χ1n) is 4.97. The third-order valence-corrected chi connectivity index (χ3v) is 2.17. The lowest BCUT2D eigenvalue weighted by molar-refractivity contribution is 0.345. The summed E-state index contributed by atoms with van der Waals surface area (Å²) in [6.07, 6.45) is 1.06. The highest BCUT2D eigenvalue weighted by Gasteiger charge is 2.02. The van der Waals surface area contributed by atoms with Gasteiger partial charge in [0.1, 0.15) is 0 Å². The average molecular weight is 187 g/mol. The number of hydrogen-bond acceptors (Lipinski definition) is 1. The zero-order valence-corrected chi connectivity index (χ0v) is 9.12. The Morgan fingerprint density at radius 1 is 1.21 bits per heavy atom. The molecule has 0 aliphatic heterocycles. The van der Waals surface area contributed by atoms with Crippen molar-refractivity contribution in [3.63, 3.8) is 0 Å². The lowest BCUT2D eigenvalue weighted by Crippen LogP contribution is -2.25. The lowest BCUT2D eigenvalue weighted by Gasteiger charge is -2.16. The summed E-state index contributed by atoms with van der Waals surface area (Å²) >= 11 is 0. The zero-order chi connectivity index (χ0) is 10.4. The van der Waals surface area contributed by atoms with Gasteiger partial charge in [-0.3, -0.25) is 4.90 Å². The minimum atomic E-state index is 0.357. The Morgan fingerprint density at radius 2 is 1.86 bits per heavy atom. The van der Waals surface area contributed by atoms with Crippen molar-refractivity contribution in [3.8, 4) is 11.8 Å². The van der Waals surface area contributed by atoms with Crippen molar-refractivity contribution in [2.24, 2.45) is 0 Å². The molecule has 0 N–H and O–H groups in total. The van der Waals surface area contributed by atoms with Crippen molar-refractivity contribution in [2.45, 2.75) is 19.4 Å². The number of benzene rings is 1. The summed E-state index contributed by atoms with van der Waals surface area (Å²) in [4.78, 5) is 2.15. The zero-order valence-electron chi connectivity index (χ0n) is 9.12.